The number of carbonyl (C=O) groups is 1. The number of aromatic amines is 1. The molecule has 19 heavy (non-hydrogen) atoms. The summed E-state index contributed by atoms with van der Waals surface area (Å²) in [6, 6.07) is 0. The molecule has 1 aliphatic heterocycles. The van der Waals surface area contributed by atoms with Crippen LogP contribution in [0.1, 0.15) is 16.9 Å². The number of aromatic nitrogens is 2. The number of esters is 1. The fraction of sp³-hybridized carbons (Fsp3) is 0.417. The van der Waals surface area contributed by atoms with Crippen molar-refractivity contribution in [1.29, 1.82) is 0 Å². The van der Waals surface area contributed by atoms with Crippen molar-refractivity contribution in [3.8, 4) is 0 Å². The molecule has 1 atom stereocenters. The lowest BCUT2D eigenvalue weighted by atomic mass is 10.2. The molecule has 1 fully saturated rings. The number of hydrogen-bond acceptors (Lipinski definition) is 6. The van der Waals surface area contributed by atoms with E-state index in [0.29, 0.717) is 23.6 Å². The molecule has 0 saturated carbocycles. The van der Waals surface area contributed by atoms with Crippen LogP contribution in [0.25, 0.3) is 10.2 Å². The van der Waals surface area contributed by atoms with Crippen molar-refractivity contribution in [3.63, 3.8) is 0 Å². The number of cyclic esters (lactones) is 1. The number of thioether (sulfide) groups is 1. The predicted molar refractivity (Wildman–Crippen MR) is 74.9 cm³/mol. The number of carbonyl (C=O) groups excluding carboxylic acids is 1. The van der Waals surface area contributed by atoms with Gasteiger partial charge in [-0.25, -0.2) is 4.98 Å². The Morgan fingerprint density at radius 2 is 2.21 bits per heavy atom. The minimum absolute atomic E-state index is 0.138. The van der Waals surface area contributed by atoms with E-state index in [-0.39, 0.29) is 16.8 Å². The average Bonchev–Trinajstić information content (AvgIpc) is 2.85. The molecule has 0 bridgehead atoms. The molecule has 3 heterocycles. The van der Waals surface area contributed by atoms with Crippen LogP contribution in [0, 0.1) is 13.8 Å². The zero-order valence-electron chi connectivity index (χ0n) is 10.5. The maximum atomic E-state index is 12.1. The summed E-state index contributed by atoms with van der Waals surface area (Å²) in [5, 5.41) is 0.881. The van der Waals surface area contributed by atoms with Crippen molar-refractivity contribution >= 4 is 39.3 Å². The summed E-state index contributed by atoms with van der Waals surface area (Å²) >= 11 is 2.77. The van der Waals surface area contributed by atoms with Crippen LogP contribution in [0.5, 0.6) is 0 Å². The highest BCUT2D eigenvalue weighted by atomic mass is 32.2. The number of nitrogens with zero attached hydrogens (tertiary/aromatic N) is 1. The number of nitrogens with one attached hydrogen (secondary N) is 1. The number of ether oxygens (including phenoxy) is 1. The third-order valence-electron chi connectivity index (χ3n) is 3.16. The largest absolute Gasteiger partial charge is 0.465 e. The standard InChI is InChI=1S/C12H12N2O3S2/c1-5-6(2)18-10-8(5)9(15)13-12(14-10)19-7-3-4-17-11(7)16/h7H,3-4H2,1-2H3,(H,13,14,15)/t7-/m1/s1. The van der Waals surface area contributed by atoms with Crippen LogP contribution in [0.2, 0.25) is 0 Å². The van der Waals surface area contributed by atoms with E-state index in [2.05, 4.69) is 9.97 Å². The zero-order valence-corrected chi connectivity index (χ0v) is 12.1. The van der Waals surface area contributed by atoms with Gasteiger partial charge in [0.25, 0.3) is 5.56 Å². The molecule has 1 saturated heterocycles. The van der Waals surface area contributed by atoms with Crippen LogP contribution in [-0.4, -0.2) is 27.8 Å². The molecule has 3 rings (SSSR count). The predicted octanol–water partition coefficient (Wildman–Crippen LogP) is 2.01. The Hall–Kier alpha value is -1.34. The van der Waals surface area contributed by atoms with Gasteiger partial charge in [0.1, 0.15) is 10.1 Å². The summed E-state index contributed by atoms with van der Waals surface area (Å²) < 4.78 is 4.90. The van der Waals surface area contributed by atoms with E-state index >= 15 is 0 Å². The Morgan fingerprint density at radius 3 is 2.89 bits per heavy atom. The van der Waals surface area contributed by atoms with Crippen LogP contribution in [0.4, 0.5) is 0 Å². The number of fused-ring (bicyclic) bond motifs is 1. The van der Waals surface area contributed by atoms with E-state index in [1.165, 1.54) is 23.1 Å². The molecule has 100 valence electrons. The number of aryl methyl sites for hydroxylation is 2. The molecule has 0 unspecified atom stereocenters. The van der Waals surface area contributed by atoms with Gasteiger partial charge in [-0.15, -0.1) is 11.3 Å². The van der Waals surface area contributed by atoms with Crippen LogP contribution in [-0.2, 0) is 9.53 Å². The summed E-state index contributed by atoms with van der Waals surface area (Å²) in [5.41, 5.74) is 0.839. The van der Waals surface area contributed by atoms with E-state index in [1.807, 2.05) is 13.8 Å². The zero-order chi connectivity index (χ0) is 13.6. The highest BCUT2D eigenvalue weighted by Gasteiger charge is 2.28. The van der Waals surface area contributed by atoms with Crippen LogP contribution < -0.4 is 5.56 Å². The Bertz CT molecular complexity index is 720. The first kappa shape index (κ1) is 12.7. The highest BCUT2D eigenvalue weighted by Crippen LogP contribution is 2.30. The molecule has 0 aromatic carbocycles. The molecule has 2 aromatic heterocycles. The summed E-state index contributed by atoms with van der Waals surface area (Å²) in [4.78, 5) is 32.5. The van der Waals surface area contributed by atoms with Gasteiger partial charge >= 0.3 is 5.97 Å². The Labute approximate surface area is 117 Å². The number of hydrogen-bond donors (Lipinski definition) is 1. The van der Waals surface area contributed by atoms with Crippen molar-refractivity contribution < 1.29 is 9.53 Å². The summed E-state index contributed by atoms with van der Waals surface area (Å²) in [5.74, 6) is -0.230. The summed E-state index contributed by atoms with van der Waals surface area (Å²) in [6.07, 6.45) is 0.660. The van der Waals surface area contributed by atoms with Gasteiger partial charge in [0.15, 0.2) is 5.16 Å². The Morgan fingerprint density at radius 1 is 1.42 bits per heavy atom. The molecular weight excluding hydrogens is 284 g/mol. The molecule has 0 aliphatic carbocycles. The molecule has 2 aromatic rings. The molecule has 0 amide bonds. The average molecular weight is 296 g/mol. The smallest absolute Gasteiger partial charge is 0.319 e. The van der Waals surface area contributed by atoms with Gasteiger partial charge in [-0.2, -0.15) is 0 Å². The van der Waals surface area contributed by atoms with E-state index in [9.17, 15) is 9.59 Å². The molecule has 0 radical (unpaired) electrons. The number of H-pyrrole nitrogens is 1. The maximum absolute atomic E-state index is 12.1. The quantitative estimate of drug-likeness (QED) is 0.678. The number of rotatable bonds is 2. The first-order valence-corrected chi connectivity index (χ1v) is 7.59. The molecule has 0 spiro atoms. The van der Waals surface area contributed by atoms with Gasteiger partial charge < -0.3 is 9.72 Å². The lowest BCUT2D eigenvalue weighted by Crippen LogP contribution is -2.13. The minimum Gasteiger partial charge on any atom is -0.465 e. The van der Waals surface area contributed by atoms with Crippen LogP contribution in [0.15, 0.2) is 9.95 Å². The summed E-state index contributed by atoms with van der Waals surface area (Å²) in [6.45, 7) is 4.34. The molecule has 1 N–H and O–H groups in total. The van der Waals surface area contributed by atoms with Crippen molar-refractivity contribution in [2.24, 2.45) is 0 Å². The topological polar surface area (TPSA) is 72.0 Å². The second-order valence-corrected chi connectivity index (χ2v) is 6.79. The SMILES string of the molecule is Cc1sc2nc(S[C@@H]3CCOC3=O)[nH]c(=O)c2c1C. The Balaban J connectivity index is 2.01. The van der Waals surface area contributed by atoms with E-state index < -0.39 is 0 Å². The van der Waals surface area contributed by atoms with Crippen molar-refractivity contribution in [2.75, 3.05) is 6.61 Å². The Kier molecular flexibility index (Phi) is 3.10. The minimum atomic E-state index is -0.261. The first-order chi connectivity index (χ1) is 9.06. The molecular formula is C12H12N2O3S2. The van der Waals surface area contributed by atoms with Gasteiger partial charge in [0.05, 0.1) is 12.0 Å². The van der Waals surface area contributed by atoms with Crippen LogP contribution in [0.3, 0.4) is 0 Å². The second-order valence-electron chi connectivity index (χ2n) is 4.40. The normalized spacial score (nSPS) is 19.1. The van der Waals surface area contributed by atoms with Crippen molar-refractivity contribution in [2.45, 2.75) is 30.7 Å². The van der Waals surface area contributed by atoms with Gasteiger partial charge in [-0.1, -0.05) is 11.8 Å². The van der Waals surface area contributed by atoms with Crippen molar-refractivity contribution in [1.82, 2.24) is 9.97 Å². The third kappa shape index (κ3) is 2.17. The fourth-order valence-electron chi connectivity index (χ4n) is 2.01. The second kappa shape index (κ2) is 4.64. The first-order valence-electron chi connectivity index (χ1n) is 5.89. The monoisotopic (exact) mass is 296 g/mol. The fourth-order valence-corrected chi connectivity index (χ4v) is 4.04. The van der Waals surface area contributed by atoms with Gasteiger partial charge in [0.2, 0.25) is 0 Å². The van der Waals surface area contributed by atoms with Gasteiger partial charge in [-0.3, -0.25) is 9.59 Å². The molecule has 7 heteroatoms. The molecule has 1 aliphatic rings. The number of thiophene rings is 1. The lowest BCUT2D eigenvalue weighted by molar-refractivity contribution is -0.137. The van der Waals surface area contributed by atoms with Crippen LogP contribution >= 0.6 is 23.1 Å². The molecule has 5 nitrogen and oxygen atoms in total. The third-order valence-corrected chi connectivity index (χ3v) is 5.39. The van der Waals surface area contributed by atoms with E-state index in [0.717, 1.165) is 15.3 Å². The van der Waals surface area contributed by atoms with E-state index in [4.69, 9.17) is 4.74 Å². The highest BCUT2D eigenvalue weighted by molar-refractivity contribution is 8.00. The van der Waals surface area contributed by atoms with E-state index in [1.54, 1.807) is 0 Å². The summed E-state index contributed by atoms with van der Waals surface area (Å²) in [7, 11) is 0. The van der Waals surface area contributed by atoms with Crippen molar-refractivity contribution in [3.05, 3.63) is 20.8 Å². The lowest BCUT2D eigenvalue weighted by Gasteiger charge is -2.04. The van der Waals surface area contributed by atoms with Gasteiger partial charge in [-0.05, 0) is 19.4 Å². The van der Waals surface area contributed by atoms with Gasteiger partial charge in [0, 0.05) is 11.3 Å². The maximum Gasteiger partial charge on any atom is 0.319 e.